The molecule has 27 heavy (non-hydrogen) atoms. The highest BCUT2D eigenvalue weighted by Crippen LogP contribution is 2.31. The fourth-order valence-electron chi connectivity index (χ4n) is 3.03. The van der Waals surface area contributed by atoms with Gasteiger partial charge >= 0.3 is 6.03 Å². The predicted octanol–water partition coefficient (Wildman–Crippen LogP) is 4.05. The Morgan fingerprint density at radius 3 is 2.37 bits per heavy atom. The predicted molar refractivity (Wildman–Crippen MR) is 112 cm³/mol. The van der Waals surface area contributed by atoms with Gasteiger partial charge in [-0.25, -0.2) is 4.79 Å². The molecule has 0 aliphatic carbocycles. The lowest BCUT2D eigenvalue weighted by Crippen LogP contribution is -2.44. The van der Waals surface area contributed by atoms with Crippen LogP contribution in [0.1, 0.15) is 5.56 Å². The molecule has 2 aromatic rings. The van der Waals surface area contributed by atoms with Gasteiger partial charge in [0.1, 0.15) is 5.75 Å². The van der Waals surface area contributed by atoms with Gasteiger partial charge in [-0.05, 0) is 49.9 Å². The first-order valence-electron chi connectivity index (χ1n) is 8.92. The molecule has 1 aliphatic rings. The average Bonchev–Trinajstić information content (AvgIpc) is 2.66. The summed E-state index contributed by atoms with van der Waals surface area (Å²) >= 11 is 6.10. The molecule has 0 bridgehead atoms. The van der Waals surface area contributed by atoms with Crippen molar-refractivity contribution in [1.82, 2.24) is 4.90 Å². The molecule has 6 nitrogen and oxygen atoms in total. The summed E-state index contributed by atoms with van der Waals surface area (Å²) in [6, 6.07) is 11.0. The Morgan fingerprint density at radius 2 is 1.74 bits per heavy atom. The van der Waals surface area contributed by atoms with Gasteiger partial charge in [-0.1, -0.05) is 11.6 Å². The Labute approximate surface area is 165 Å². The van der Waals surface area contributed by atoms with Crippen LogP contribution in [-0.2, 0) is 0 Å². The summed E-state index contributed by atoms with van der Waals surface area (Å²) in [5, 5.41) is 6.25. The normalized spacial score (nSPS) is 14.7. The Kier molecular flexibility index (Phi) is 6.08. The van der Waals surface area contributed by atoms with Gasteiger partial charge < -0.3 is 25.2 Å². The van der Waals surface area contributed by atoms with Crippen LogP contribution in [-0.4, -0.2) is 51.3 Å². The number of carbonyl (C=O) groups excluding carboxylic acids is 1. The summed E-state index contributed by atoms with van der Waals surface area (Å²) < 4.78 is 5.29. The van der Waals surface area contributed by atoms with E-state index in [2.05, 4.69) is 27.5 Å². The Balaban J connectivity index is 1.62. The highest BCUT2D eigenvalue weighted by atomic mass is 35.5. The van der Waals surface area contributed by atoms with Crippen molar-refractivity contribution >= 4 is 34.7 Å². The molecule has 7 heteroatoms. The minimum Gasteiger partial charge on any atom is -0.495 e. The van der Waals surface area contributed by atoms with Gasteiger partial charge in [-0.2, -0.15) is 0 Å². The molecule has 0 spiro atoms. The maximum absolute atomic E-state index is 12.3. The van der Waals surface area contributed by atoms with Crippen LogP contribution >= 0.6 is 11.6 Å². The van der Waals surface area contributed by atoms with Crippen LogP contribution in [0.5, 0.6) is 5.75 Å². The van der Waals surface area contributed by atoms with E-state index >= 15 is 0 Å². The smallest absolute Gasteiger partial charge is 0.323 e. The highest BCUT2D eigenvalue weighted by molar-refractivity contribution is 6.31. The summed E-state index contributed by atoms with van der Waals surface area (Å²) in [4.78, 5) is 17.0. The average molecular weight is 389 g/mol. The quantitative estimate of drug-likeness (QED) is 0.829. The fourth-order valence-corrected chi connectivity index (χ4v) is 3.19. The maximum atomic E-state index is 12.3. The monoisotopic (exact) mass is 388 g/mol. The standard InChI is InChI=1S/C20H25ClN4O2/c1-14-12-18(19(27-3)13-17(14)21)23-20(26)22-15-4-6-16(7-5-15)25-10-8-24(2)9-11-25/h4-7,12-13H,8-11H2,1-3H3,(H2,22,23,26). The molecule has 2 amide bonds. The second kappa shape index (κ2) is 8.50. The van der Waals surface area contributed by atoms with Crippen molar-refractivity contribution in [1.29, 1.82) is 0 Å². The molecular formula is C20H25ClN4O2. The summed E-state index contributed by atoms with van der Waals surface area (Å²) in [6.45, 7) is 6.02. The second-order valence-corrected chi connectivity index (χ2v) is 7.13. The van der Waals surface area contributed by atoms with Gasteiger partial charge in [0.2, 0.25) is 0 Å². The van der Waals surface area contributed by atoms with E-state index in [1.807, 2.05) is 31.2 Å². The Bertz CT molecular complexity index is 802. The van der Waals surface area contributed by atoms with Crippen LogP contribution in [0, 0.1) is 6.92 Å². The highest BCUT2D eigenvalue weighted by Gasteiger charge is 2.14. The first kappa shape index (κ1) is 19.3. The van der Waals surface area contributed by atoms with Crippen molar-refractivity contribution in [3.63, 3.8) is 0 Å². The van der Waals surface area contributed by atoms with Crippen LogP contribution in [0.4, 0.5) is 21.9 Å². The molecule has 2 N–H and O–H groups in total. The molecule has 3 rings (SSSR count). The van der Waals surface area contributed by atoms with E-state index in [0.717, 1.165) is 37.4 Å². The van der Waals surface area contributed by atoms with Gasteiger partial charge in [0.15, 0.2) is 0 Å². The van der Waals surface area contributed by atoms with E-state index < -0.39 is 0 Å². The number of urea groups is 1. The summed E-state index contributed by atoms with van der Waals surface area (Å²) in [6.07, 6.45) is 0. The number of nitrogens with zero attached hydrogens (tertiary/aromatic N) is 2. The topological polar surface area (TPSA) is 56.8 Å². The van der Waals surface area contributed by atoms with E-state index in [-0.39, 0.29) is 6.03 Å². The number of hydrogen-bond donors (Lipinski definition) is 2. The molecule has 1 heterocycles. The van der Waals surface area contributed by atoms with Crippen molar-refractivity contribution in [2.45, 2.75) is 6.92 Å². The zero-order chi connectivity index (χ0) is 19.4. The van der Waals surface area contributed by atoms with Crippen molar-refractivity contribution in [3.8, 4) is 5.75 Å². The second-order valence-electron chi connectivity index (χ2n) is 6.72. The number of hydrogen-bond acceptors (Lipinski definition) is 4. The largest absolute Gasteiger partial charge is 0.495 e. The van der Waals surface area contributed by atoms with Crippen molar-refractivity contribution in [2.24, 2.45) is 0 Å². The summed E-state index contributed by atoms with van der Waals surface area (Å²) in [7, 11) is 3.68. The van der Waals surface area contributed by atoms with Gasteiger partial charge in [-0.3, -0.25) is 0 Å². The first-order valence-corrected chi connectivity index (χ1v) is 9.30. The molecule has 1 aliphatic heterocycles. The SMILES string of the molecule is COc1cc(Cl)c(C)cc1NC(=O)Nc1ccc(N2CCN(C)CC2)cc1. The van der Waals surface area contributed by atoms with E-state index in [1.165, 1.54) is 5.69 Å². The number of aryl methyl sites for hydroxylation is 1. The fraction of sp³-hybridized carbons (Fsp3) is 0.350. The van der Waals surface area contributed by atoms with Gasteiger partial charge in [0, 0.05) is 48.6 Å². The van der Waals surface area contributed by atoms with Crippen molar-refractivity contribution < 1.29 is 9.53 Å². The summed E-state index contributed by atoms with van der Waals surface area (Å²) in [5.74, 6) is 0.520. The van der Waals surface area contributed by atoms with Crippen LogP contribution in [0.3, 0.4) is 0 Å². The summed E-state index contributed by atoms with van der Waals surface area (Å²) in [5.41, 5.74) is 3.34. The molecule has 0 radical (unpaired) electrons. The number of nitrogens with one attached hydrogen (secondary N) is 2. The molecule has 1 fully saturated rings. The van der Waals surface area contributed by atoms with Crippen molar-refractivity contribution in [3.05, 3.63) is 47.0 Å². The molecule has 144 valence electrons. The van der Waals surface area contributed by atoms with Gasteiger partial charge in [-0.15, -0.1) is 0 Å². The number of carbonyl (C=O) groups is 1. The number of likely N-dealkylation sites (N-methyl/N-ethyl adjacent to an activating group) is 1. The van der Waals surface area contributed by atoms with Gasteiger partial charge in [0.05, 0.1) is 12.8 Å². The minimum absolute atomic E-state index is 0.331. The molecule has 0 saturated carbocycles. The van der Waals surface area contributed by atoms with E-state index in [1.54, 1.807) is 19.2 Å². The number of benzene rings is 2. The molecular weight excluding hydrogens is 364 g/mol. The van der Waals surface area contributed by atoms with E-state index in [9.17, 15) is 4.79 Å². The zero-order valence-corrected chi connectivity index (χ0v) is 16.6. The number of ether oxygens (including phenoxy) is 1. The van der Waals surface area contributed by atoms with Crippen molar-refractivity contribution in [2.75, 3.05) is 55.9 Å². The third-order valence-corrected chi connectivity index (χ3v) is 5.13. The van der Waals surface area contributed by atoms with E-state index in [0.29, 0.717) is 16.5 Å². The van der Waals surface area contributed by atoms with Gasteiger partial charge in [0.25, 0.3) is 0 Å². The van der Waals surface area contributed by atoms with E-state index in [4.69, 9.17) is 16.3 Å². The van der Waals surface area contributed by atoms with Crippen LogP contribution in [0.25, 0.3) is 0 Å². The number of anilines is 3. The van der Waals surface area contributed by atoms with Crippen LogP contribution in [0.2, 0.25) is 5.02 Å². The number of amides is 2. The Hall–Kier alpha value is -2.44. The molecule has 1 saturated heterocycles. The third kappa shape index (κ3) is 4.84. The number of piperazine rings is 1. The lowest BCUT2D eigenvalue weighted by molar-refractivity contribution is 0.262. The number of rotatable bonds is 4. The molecule has 0 atom stereocenters. The molecule has 0 aromatic heterocycles. The van der Waals surface area contributed by atoms with Crippen LogP contribution < -0.4 is 20.3 Å². The lowest BCUT2D eigenvalue weighted by atomic mass is 10.2. The third-order valence-electron chi connectivity index (χ3n) is 4.72. The Morgan fingerprint density at radius 1 is 1.07 bits per heavy atom. The molecule has 2 aromatic carbocycles. The lowest BCUT2D eigenvalue weighted by Gasteiger charge is -2.34. The maximum Gasteiger partial charge on any atom is 0.323 e. The minimum atomic E-state index is -0.331. The van der Waals surface area contributed by atoms with Crippen LogP contribution in [0.15, 0.2) is 36.4 Å². The number of methoxy groups -OCH3 is 1. The first-order chi connectivity index (χ1) is 13.0. The molecule has 0 unspecified atom stereocenters. The number of halogens is 1. The zero-order valence-electron chi connectivity index (χ0n) is 15.9.